The molecule has 2 aromatic rings. The molecule has 2 heterocycles. The molecule has 36 heavy (non-hydrogen) atoms. The van der Waals surface area contributed by atoms with Crippen molar-refractivity contribution in [1.29, 1.82) is 0 Å². The van der Waals surface area contributed by atoms with E-state index in [0.29, 0.717) is 6.07 Å². The third-order valence-corrected chi connectivity index (χ3v) is 5.61. The van der Waals surface area contributed by atoms with Crippen molar-refractivity contribution >= 4 is 23.5 Å². The lowest BCUT2D eigenvalue weighted by Crippen LogP contribution is -2.58. The Balaban J connectivity index is 1.76. The summed E-state index contributed by atoms with van der Waals surface area (Å²) >= 11 is 0. The van der Waals surface area contributed by atoms with Crippen LogP contribution in [0.25, 0.3) is 11.1 Å². The van der Waals surface area contributed by atoms with Gasteiger partial charge in [-0.2, -0.15) is 8.78 Å². The molecule has 0 aromatic heterocycles. The predicted octanol–water partition coefficient (Wildman–Crippen LogP) is 3.14. The number of alkyl halides is 2. The minimum absolute atomic E-state index is 0.113. The first-order valence-electron chi connectivity index (χ1n) is 9.88. The molecule has 2 amide bonds. The second-order valence-corrected chi connectivity index (χ2v) is 7.77. The summed E-state index contributed by atoms with van der Waals surface area (Å²) in [5.41, 5.74) is -3.81. The smallest absolute Gasteiger partial charge is 0.469 e. The van der Waals surface area contributed by atoms with Crippen LogP contribution in [0.1, 0.15) is 0 Å². The maximum absolute atomic E-state index is 14.7. The van der Waals surface area contributed by atoms with E-state index in [0.717, 1.165) is 12.0 Å². The summed E-state index contributed by atoms with van der Waals surface area (Å²) in [5, 5.41) is 0. The zero-order chi connectivity index (χ0) is 26.7. The second kappa shape index (κ2) is 8.64. The Morgan fingerprint density at radius 3 is 2.11 bits per heavy atom. The number of fused-ring (bicyclic) bond motifs is 1. The monoisotopic (exact) mass is 524 g/mol. The summed E-state index contributed by atoms with van der Waals surface area (Å²) in [6, 6.07) is 0.494. The van der Waals surface area contributed by atoms with Crippen LogP contribution in [0.15, 0.2) is 12.1 Å². The SMILES string of the molecule is COC(=O)C1CN(C(=O)CN2C(=O)C(F)(F)Oc3cc(F)c(-c4c(F)c(F)c(F)c(F)c4F)cc32)C1. The van der Waals surface area contributed by atoms with Crippen molar-refractivity contribution in [3.63, 3.8) is 0 Å². The average molecular weight is 524 g/mol. The van der Waals surface area contributed by atoms with Crippen molar-refractivity contribution in [3.8, 4) is 16.9 Å². The van der Waals surface area contributed by atoms with Gasteiger partial charge in [0.05, 0.1) is 24.3 Å². The van der Waals surface area contributed by atoms with E-state index in [1.807, 2.05) is 0 Å². The molecular formula is C21H12F8N2O5. The highest BCUT2D eigenvalue weighted by Crippen LogP contribution is 2.44. The summed E-state index contributed by atoms with van der Waals surface area (Å²) in [6.45, 7) is -1.43. The summed E-state index contributed by atoms with van der Waals surface area (Å²) < 4.78 is 121. The summed E-state index contributed by atoms with van der Waals surface area (Å²) in [5.74, 6) is -19.3. The van der Waals surface area contributed by atoms with Gasteiger partial charge in [0.2, 0.25) is 11.7 Å². The molecule has 2 aliphatic rings. The Hall–Kier alpha value is -3.91. The molecule has 7 nitrogen and oxygen atoms in total. The largest absolute Gasteiger partial charge is 0.482 e. The molecule has 2 aromatic carbocycles. The third kappa shape index (κ3) is 3.87. The van der Waals surface area contributed by atoms with Gasteiger partial charge in [-0.15, -0.1) is 0 Å². The molecule has 15 heteroatoms. The van der Waals surface area contributed by atoms with E-state index in [9.17, 15) is 49.5 Å². The number of carbonyl (C=O) groups excluding carboxylic acids is 3. The van der Waals surface area contributed by atoms with Crippen LogP contribution in [0.3, 0.4) is 0 Å². The average Bonchev–Trinajstić information content (AvgIpc) is 2.79. The van der Waals surface area contributed by atoms with Crippen molar-refractivity contribution in [2.45, 2.75) is 6.11 Å². The van der Waals surface area contributed by atoms with Crippen LogP contribution in [0.5, 0.6) is 5.75 Å². The third-order valence-electron chi connectivity index (χ3n) is 5.61. The number of amides is 2. The normalized spacial score (nSPS) is 16.9. The number of rotatable bonds is 4. The van der Waals surface area contributed by atoms with Gasteiger partial charge in [-0.05, 0) is 6.07 Å². The number of hydrogen-bond acceptors (Lipinski definition) is 5. The van der Waals surface area contributed by atoms with Crippen LogP contribution in [-0.2, 0) is 19.1 Å². The van der Waals surface area contributed by atoms with E-state index in [1.54, 1.807) is 0 Å². The standard InChI is InChI=1S/C21H12F8N2O5/c1-35-19(33)7-4-30(5-7)12(32)6-31-10-2-8(9(22)3-11(10)36-21(28,29)20(31)34)13-14(23)16(25)18(27)17(26)15(13)24/h2-3,7H,4-6H2,1H3. The van der Waals surface area contributed by atoms with Gasteiger partial charge in [0.1, 0.15) is 12.4 Å². The van der Waals surface area contributed by atoms with Crippen LogP contribution in [0, 0.1) is 40.8 Å². The Bertz CT molecular complexity index is 1280. The van der Waals surface area contributed by atoms with Crippen molar-refractivity contribution in [2.75, 3.05) is 31.6 Å². The number of carbonyl (C=O) groups is 3. The number of likely N-dealkylation sites (tertiary alicyclic amines) is 1. The summed E-state index contributed by atoms with van der Waals surface area (Å²) in [6.07, 6.45) is -4.59. The van der Waals surface area contributed by atoms with Crippen LogP contribution in [0.4, 0.5) is 40.8 Å². The molecule has 1 saturated heterocycles. The molecule has 0 aliphatic carbocycles. The first-order chi connectivity index (χ1) is 16.8. The molecule has 0 atom stereocenters. The fourth-order valence-electron chi connectivity index (χ4n) is 3.71. The highest BCUT2D eigenvalue weighted by atomic mass is 19.3. The number of hydrogen-bond donors (Lipinski definition) is 0. The van der Waals surface area contributed by atoms with Crippen LogP contribution in [0.2, 0.25) is 0 Å². The van der Waals surface area contributed by atoms with Crippen molar-refractivity contribution in [1.82, 2.24) is 4.90 Å². The van der Waals surface area contributed by atoms with Crippen LogP contribution in [-0.4, -0.2) is 55.5 Å². The van der Waals surface area contributed by atoms with E-state index in [-0.39, 0.29) is 24.1 Å². The molecule has 0 radical (unpaired) electrons. The molecule has 4 rings (SSSR count). The van der Waals surface area contributed by atoms with Crippen molar-refractivity contribution in [3.05, 3.63) is 47.0 Å². The zero-order valence-electron chi connectivity index (χ0n) is 17.8. The van der Waals surface area contributed by atoms with Gasteiger partial charge in [-0.25, -0.2) is 26.3 Å². The van der Waals surface area contributed by atoms with Crippen molar-refractivity contribution in [2.24, 2.45) is 5.92 Å². The Morgan fingerprint density at radius 2 is 1.56 bits per heavy atom. The van der Waals surface area contributed by atoms with Crippen LogP contribution >= 0.6 is 0 Å². The summed E-state index contributed by atoms with van der Waals surface area (Å²) in [4.78, 5) is 37.4. The lowest BCUT2D eigenvalue weighted by atomic mass is 9.99. The highest BCUT2D eigenvalue weighted by Gasteiger charge is 2.52. The molecule has 0 unspecified atom stereocenters. The zero-order valence-corrected chi connectivity index (χ0v) is 17.8. The quantitative estimate of drug-likeness (QED) is 0.266. The van der Waals surface area contributed by atoms with Gasteiger partial charge in [0.15, 0.2) is 29.0 Å². The first kappa shape index (κ1) is 25.2. The number of benzene rings is 2. The number of ether oxygens (including phenoxy) is 2. The Morgan fingerprint density at radius 1 is 1.00 bits per heavy atom. The molecule has 1 fully saturated rings. The summed E-state index contributed by atoms with van der Waals surface area (Å²) in [7, 11) is 1.11. The Labute approximate surface area is 195 Å². The minimum Gasteiger partial charge on any atom is -0.469 e. The predicted molar refractivity (Wildman–Crippen MR) is 102 cm³/mol. The fraction of sp³-hybridized carbons (Fsp3) is 0.286. The molecule has 0 N–H and O–H groups in total. The molecular weight excluding hydrogens is 512 g/mol. The van der Waals surface area contributed by atoms with Gasteiger partial charge >= 0.3 is 18.0 Å². The first-order valence-corrected chi connectivity index (χ1v) is 9.88. The van der Waals surface area contributed by atoms with Gasteiger partial charge in [-0.3, -0.25) is 19.3 Å². The lowest BCUT2D eigenvalue weighted by Gasteiger charge is -2.39. The lowest BCUT2D eigenvalue weighted by molar-refractivity contribution is -0.193. The van der Waals surface area contributed by atoms with Crippen molar-refractivity contribution < 1.29 is 59.0 Å². The van der Waals surface area contributed by atoms with E-state index >= 15 is 0 Å². The topological polar surface area (TPSA) is 76.2 Å². The minimum atomic E-state index is -4.59. The molecule has 0 saturated carbocycles. The maximum atomic E-state index is 14.7. The Kier molecular flexibility index (Phi) is 6.04. The fourth-order valence-corrected chi connectivity index (χ4v) is 3.71. The van der Waals surface area contributed by atoms with Gasteiger partial charge < -0.3 is 14.4 Å². The van der Waals surface area contributed by atoms with E-state index in [2.05, 4.69) is 9.47 Å². The molecule has 0 spiro atoms. The number of nitrogens with zero attached hydrogens (tertiary/aromatic N) is 2. The van der Waals surface area contributed by atoms with Crippen LogP contribution < -0.4 is 9.64 Å². The number of methoxy groups -OCH3 is 1. The van der Waals surface area contributed by atoms with Gasteiger partial charge in [0, 0.05) is 24.7 Å². The van der Waals surface area contributed by atoms with E-state index in [1.165, 1.54) is 0 Å². The molecule has 2 aliphatic heterocycles. The molecule has 192 valence electrons. The maximum Gasteiger partial charge on any atom is 0.482 e. The highest BCUT2D eigenvalue weighted by molar-refractivity contribution is 6.05. The van der Waals surface area contributed by atoms with E-state index in [4.69, 9.17) is 0 Å². The number of anilines is 1. The van der Waals surface area contributed by atoms with Gasteiger partial charge in [-0.1, -0.05) is 0 Å². The second-order valence-electron chi connectivity index (χ2n) is 7.77. The number of halogens is 8. The van der Waals surface area contributed by atoms with Gasteiger partial charge in [0.25, 0.3) is 0 Å². The van der Waals surface area contributed by atoms with E-state index < -0.39 is 93.8 Å². The molecule has 0 bridgehead atoms. The number of esters is 1.